The molecule has 0 bridgehead atoms. The number of nitrogens with zero attached hydrogens (tertiary/aromatic N) is 1. The van der Waals surface area contributed by atoms with Gasteiger partial charge in [0.15, 0.2) is 6.61 Å². The molecule has 10 heteroatoms. The van der Waals surface area contributed by atoms with Crippen molar-refractivity contribution >= 4 is 33.5 Å². The maximum Gasteiger partial charge on any atom is 0.340 e. The monoisotopic (exact) mass is 383 g/mol. The number of para-hydroxylation sites is 1. The first kappa shape index (κ1) is 19.7. The minimum absolute atomic E-state index is 0.0178. The molecule has 2 amide bonds. The molecule has 0 aliphatic carbocycles. The summed E-state index contributed by atoms with van der Waals surface area (Å²) in [6.45, 7) is -0.188. The molecule has 0 unspecified atom stereocenters. The quantitative estimate of drug-likeness (QED) is 0.668. The summed E-state index contributed by atoms with van der Waals surface area (Å²) in [6.07, 6.45) is 2.97. The lowest BCUT2D eigenvalue weighted by Crippen LogP contribution is -2.51. The largest absolute Gasteiger partial charge is 0.452 e. The maximum absolute atomic E-state index is 12.3. The third-order valence-electron chi connectivity index (χ3n) is 3.92. The second-order valence-corrected chi connectivity index (χ2v) is 7.75. The number of amides is 2. The van der Waals surface area contributed by atoms with Gasteiger partial charge in [0.2, 0.25) is 15.9 Å². The molecule has 142 valence electrons. The van der Waals surface area contributed by atoms with E-state index in [-0.39, 0.29) is 11.3 Å². The molecule has 0 saturated carbocycles. The molecular formula is C16H21N3O6S. The first-order valence-corrected chi connectivity index (χ1v) is 9.91. The van der Waals surface area contributed by atoms with Crippen LogP contribution in [0, 0.1) is 0 Å². The Morgan fingerprint density at radius 3 is 2.62 bits per heavy atom. The first-order valence-electron chi connectivity index (χ1n) is 8.02. The van der Waals surface area contributed by atoms with Crippen LogP contribution in [0.25, 0.3) is 0 Å². The van der Waals surface area contributed by atoms with Gasteiger partial charge in [-0.3, -0.25) is 14.3 Å². The van der Waals surface area contributed by atoms with Gasteiger partial charge in [0.05, 0.1) is 17.5 Å². The van der Waals surface area contributed by atoms with Crippen LogP contribution in [0.1, 0.15) is 29.6 Å². The molecule has 1 aromatic rings. The molecule has 1 atom stereocenters. The van der Waals surface area contributed by atoms with Gasteiger partial charge in [-0.2, -0.15) is 0 Å². The molecule has 1 aliphatic heterocycles. The van der Waals surface area contributed by atoms with Crippen LogP contribution in [0.2, 0.25) is 0 Å². The van der Waals surface area contributed by atoms with Crippen molar-refractivity contribution in [3.05, 3.63) is 29.8 Å². The lowest BCUT2D eigenvalue weighted by molar-refractivity contribution is -0.143. The van der Waals surface area contributed by atoms with Gasteiger partial charge >= 0.3 is 5.97 Å². The molecule has 2 rings (SSSR count). The summed E-state index contributed by atoms with van der Waals surface area (Å²) in [7, 11) is -3.58. The van der Waals surface area contributed by atoms with E-state index >= 15 is 0 Å². The van der Waals surface area contributed by atoms with E-state index in [1.165, 1.54) is 17.0 Å². The molecule has 1 saturated heterocycles. The number of likely N-dealkylation sites (tertiary alicyclic amines) is 1. The summed E-state index contributed by atoms with van der Waals surface area (Å²) < 4.78 is 30.0. The van der Waals surface area contributed by atoms with Crippen molar-refractivity contribution in [1.82, 2.24) is 4.90 Å². The fourth-order valence-electron chi connectivity index (χ4n) is 2.76. The number of carbonyl (C=O) groups excluding carboxylic acids is 3. The highest BCUT2D eigenvalue weighted by Crippen LogP contribution is 2.19. The molecule has 1 aliphatic rings. The minimum atomic E-state index is -3.58. The van der Waals surface area contributed by atoms with E-state index in [1.807, 2.05) is 0 Å². The van der Waals surface area contributed by atoms with Crippen LogP contribution in [0.3, 0.4) is 0 Å². The number of nitrogens with one attached hydrogen (secondary N) is 1. The van der Waals surface area contributed by atoms with Crippen LogP contribution in [-0.2, 0) is 24.3 Å². The fourth-order valence-corrected chi connectivity index (χ4v) is 3.34. The lowest BCUT2D eigenvalue weighted by atomic mass is 10.0. The van der Waals surface area contributed by atoms with Gasteiger partial charge in [-0.1, -0.05) is 12.1 Å². The van der Waals surface area contributed by atoms with E-state index in [0.717, 1.165) is 19.1 Å². The van der Waals surface area contributed by atoms with Crippen LogP contribution in [0.15, 0.2) is 24.3 Å². The predicted octanol–water partition coefficient (Wildman–Crippen LogP) is 0.0813. The van der Waals surface area contributed by atoms with E-state index in [4.69, 9.17) is 10.5 Å². The molecule has 1 aromatic carbocycles. The van der Waals surface area contributed by atoms with Gasteiger partial charge in [0.25, 0.3) is 5.91 Å². The van der Waals surface area contributed by atoms with Crippen LogP contribution in [0.4, 0.5) is 5.69 Å². The van der Waals surface area contributed by atoms with Gasteiger partial charge in [0.1, 0.15) is 6.04 Å². The zero-order valence-corrected chi connectivity index (χ0v) is 15.1. The number of sulfonamides is 1. The third-order valence-corrected chi connectivity index (χ3v) is 4.51. The van der Waals surface area contributed by atoms with E-state index in [0.29, 0.717) is 13.0 Å². The van der Waals surface area contributed by atoms with E-state index in [1.54, 1.807) is 12.1 Å². The second-order valence-electron chi connectivity index (χ2n) is 6.00. The Labute approximate surface area is 151 Å². The Kier molecular flexibility index (Phi) is 6.19. The smallest absolute Gasteiger partial charge is 0.340 e. The van der Waals surface area contributed by atoms with Crippen LogP contribution < -0.4 is 10.5 Å². The lowest BCUT2D eigenvalue weighted by Gasteiger charge is -2.33. The van der Waals surface area contributed by atoms with Gasteiger partial charge in [-0.25, -0.2) is 13.2 Å². The van der Waals surface area contributed by atoms with Gasteiger partial charge < -0.3 is 15.4 Å². The number of benzene rings is 1. The molecule has 1 fully saturated rings. The molecule has 0 aromatic heterocycles. The number of ether oxygens (including phenoxy) is 1. The second kappa shape index (κ2) is 8.17. The van der Waals surface area contributed by atoms with Crippen molar-refractivity contribution in [2.24, 2.45) is 5.73 Å². The predicted molar refractivity (Wildman–Crippen MR) is 93.7 cm³/mol. The third kappa shape index (κ3) is 5.19. The highest BCUT2D eigenvalue weighted by molar-refractivity contribution is 7.92. The SMILES string of the molecule is CS(=O)(=O)Nc1ccccc1C(=O)OCC(=O)N1CCCC[C@H]1C(N)=O. The Bertz CT molecular complexity index is 808. The number of nitrogens with two attached hydrogens (primary N) is 1. The van der Waals surface area contributed by atoms with E-state index in [9.17, 15) is 22.8 Å². The molecule has 0 radical (unpaired) electrons. The van der Waals surface area contributed by atoms with E-state index < -0.39 is 40.5 Å². The number of rotatable bonds is 6. The van der Waals surface area contributed by atoms with Crippen LogP contribution in [0.5, 0.6) is 0 Å². The topological polar surface area (TPSA) is 136 Å². The summed E-state index contributed by atoms with van der Waals surface area (Å²) in [5.41, 5.74) is 5.35. The molecule has 26 heavy (non-hydrogen) atoms. The number of carbonyl (C=O) groups is 3. The highest BCUT2D eigenvalue weighted by Gasteiger charge is 2.31. The van der Waals surface area contributed by atoms with Gasteiger partial charge in [-0.15, -0.1) is 0 Å². The average Bonchev–Trinajstić information content (AvgIpc) is 2.58. The van der Waals surface area contributed by atoms with Gasteiger partial charge in [-0.05, 0) is 31.4 Å². The van der Waals surface area contributed by atoms with Crippen molar-refractivity contribution in [2.75, 3.05) is 24.1 Å². The summed E-state index contributed by atoms with van der Waals surface area (Å²) in [5, 5.41) is 0. The number of anilines is 1. The molecule has 9 nitrogen and oxygen atoms in total. The van der Waals surface area contributed by atoms with Crippen molar-refractivity contribution < 1.29 is 27.5 Å². The molecule has 0 spiro atoms. The number of primary amides is 1. The normalized spacial score (nSPS) is 17.4. The Morgan fingerprint density at radius 1 is 1.27 bits per heavy atom. The highest BCUT2D eigenvalue weighted by atomic mass is 32.2. The van der Waals surface area contributed by atoms with Crippen molar-refractivity contribution in [1.29, 1.82) is 0 Å². The number of piperidine rings is 1. The van der Waals surface area contributed by atoms with Crippen LogP contribution >= 0.6 is 0 Å². The first-order chi connectivity index (χ1) is 12.2. The zero-order chi connectivity index (χ0) is 19.3. The standard InChI is InChI=1S/C16H21N3O6S/c1-26(23,24)18-12-7-3-2-6-11(12)16(22)25-10-14(20)19-9-5-4-8-13(19)15(17)21/h2-3,6-7,13,18H,4-5,8-10H2,1H3,(H2,17,21)/t13-/m0/s1. The fraction of sp³-hybridized carbons (Fsp3) is 0.438. The zero-order valence-electron chi connectivity index (χ0n) is 14.3. The Morgan fingerprint density at radius 2 is 1.96 bits per heavy atom. The van der Waals surface area contributed by atoms with Crippen molar-refractivity contribution in [3.63, 3.8) is 0 Å². The summed E-state index contributed by atoms with van der Waals surface area (Å²) in [6, 6.07) is 5.19. The molecule has 3 N–H and O–H groups in total. The van der Waals surface area contributed by atoms with Crippen molar-refractivity contribution in [3.8, 4) is 0 Å². The van der Waals surface area contributed by atoms with Crippen molar-refractivity contribution in [2.45, 2.75) is 25.3 Å². The summed E-state index contributed by atoms with van der Waals surface area (Å²) in [5.74, 6) is -1.96. The average molecular weight is 383 g/mol. The van der Waals surface area contributed by atoms with Gasteiger partial charge in [0, 0.05) is 6.54 Å². The molecule has 1 heterocycles. The Balaban J connectivity index is 2.04. The number of hydrogen-bond donors (Lipinski definition) is 2. The molecular weight excluding hydrogens is 362 g/mol. The Hall–Kier alpha value is -2.62. The van der Waals surface area contributed by atoms with E-state index in [2.05, 4.69) is 4.72 Å². The number of hydrogen-bond acceptors (Lipinski definition) is 6. The van der Waals surface area contributed by atoms with Crippen LogP contribution in [-0.4, -0.2) is 56.6 Å². The summed E-state index contributed by atoms with van der Waals surface area (Å²) >= 11 is 0. The maximum atomic E-state index is 12.3. The minimum Gasteiger partial charge on any atom is -0.452 e. The summed E-state index contributed by atoms with van der Waals surface area (Å²) in [4.78, 5) is 37.3. The number of esters is 1.